The molecule has 6 rings (SSSR count). The molecule has 2 saturated heterocycles. The number of hydrogen-bond acceptors (Lipinski definition) is 8. The van der Waals surface area contributed by atoms with Crippen molar-refractivity contribution in [3.05, 3.63) is 71.2 Å². The van der Waals surface area contributed by atoms with E-state index in [-0.39, 0.29) is 10.7 Å². The Balaban J connectivity index is 1.13. The standard InChI is InChI=1S/C33H38ClFN8O2/c1-33(40-32(44)30-28(34)16-25(35)21-38-30)8-13-42(14-9-33)29-7-6-23(19-37-29)27-17-26(45-15-5-12-41-10-3-4-11-41)22-43-31(27)24(18-36-2)20-39-43/h6-7,16-17,19-22H,2-5,8-15,18H2,1H3,(H,40,44). The highest BCUT2D eigenvalue weighted by Crippen LogP contribution is 2.33. The molecule has 0 radical (unpaired) electrons. The second-order valence-corrected chi connectivity index (χ2v) is 12.5. The Morgan fingerprint density at radius 3 is 2.64 bits per heavy atom. The van der Waals surface area contributed by atoms with Gasteiger partial charge in [0.25, 0.3) is 5.91 Å². The lowest BCUT2D eigenvalue weighted by Gasteiger charge is -2.40. The minimum absolute atomic E-state index is 0.00599. The lowest BCUT2D eigenvalue weighted by atomic mass is 9.89. The molecule has 45 heavy (non-hydrogen) atoms. The molecule has 0 aromatic carbocycles. The van der Waals surface area contributed by atoms with Crippen LogP contribution in [0.4, 0.5) is 10.2 Å². The molecule has 1 N–H and O–H groups in total. The van der Waals surface area contributed by atoms with Crippen LogP contribution >= 0.6 is 11.6 Å². The summed E-state index contributed by atoms with van der Waals surface area (Å²) in [7, 11) is 0. The monoisotopic (exact) mass is 632 g/mol. The number of piperidine rings is 1. The second-order valence-electron chi connectivity index (χ2n) is 12.1. The number of hydrogen-bond donors (Lipinski definition) is 1. The Hall–Kier alpha value is -4.09. The molecule has 4 aromatic rings. The third-order valence-corrected chi connectivity index (χ3v) is 9.01. The van der Waals surface area contributed by atoms with Crippen LogP contribution in [0.15, 0.2) is 54.0 Å². The first-order chi connectivity index (χ1) is 21.8. The zero-order valence-electron chi connectivity index (χ0n) is 25.5. The van der Waals surface area contributed by atoms with Gasteiger partial charge >= 0.3 is 0 Å². The van der Waals surface area contributed by atoms with E-state index < -0.39 is 17.3 Å². The molecule has 4 aromatic heterocycles. The van der Waals surface area contributed by atoms with Crippen LogP contribution in [0, 0.1) is 5.82 Å². The van der Waals surface area contributed by atoms with Crippen LogP contribution in [-0.2, 0) is 6.54 Å². The number of nitrogens with zero attached hydrogens (tertiary/aromatic N) is 7. The van der Waals surface area contributed by atoms with E-state index in [2.05, 4.69) is 49.0 Å². The molecular weight excluding hydrogens is 595 g/mol. The van der Waals surface area contributed by atoms with Crippen molar-refractivity contribution in [2.75, 3.05) is 44.2 Å². The Kier molecular flexibility index (Phi) is 9.27. The van der Waals surface area contributed by atoms with E-state index in [0.717, 1.165) is 59.0 Å². The first-order valence-electron chi connectivity index (χ1n) is 15.4. The maximum absolute atomic E-state index is 13.4. The summed E-state index contributed by atoms with van der Waals surface area (Å²) in [5, 5.41) is 7.63. The summed E-state index contributed by atoms with van der Waals surface area (Å²) in [4.78, 5) is 30.3. The molecule has 0 atom stereocenters. The molecule has 0 aliphatic carbocycles. The molecule has 0 spiro atoms. The van der Waals surface area contributed by atoms with Crippen LogP contribution in [0.1, 0.15) is 55.1 Å². The molecular formula is C33H38ClFN8O2. The molecule has 2 aliphatic rings. The maximum atomic E-state index is 13.4. The summed E-state index contributed by atoms with van der Waals surface area (Å²) in [6.07, 6.45) is 11.6. The topological polar surface area (TPSA) is 100 Å². The number of likely N-dealkylation sites (tertiary alicyclic amines) is 1. The van der Waals surface area contributed by atoms with E-state index in [4.69, 9.17) is 21.3 Å². The quantitative estimate of drug-likeness (QED) is 0.174. The number of rotatable bonds is 11. The van der Waals surface area contributed by atoms with Crippen LogP contribution in [-0.4, -0.2) is 82.0 Å². The summed E-state index contributed by atoms with van der Waals surface area (Å²) in [5.41, 5.74) is 3.44. The molecule has 1 amide bonds. The van der Waals surface area contributed by atoms with Gasteiger partial charge in [-0.1, -0.05) is 11.6 Å². The van der Waals surface area contributed by atoms with Crippen molar-refractivity contribution in [1.29, 1.82) is 0 Å². The van der Waals surface area contributed by atoms with E-state index in [1.54, 1.807) is 0 Å². The Bertz CT molecular complexity index is 1660. The molecule has 6 heterocycles. The second kappa shape index (κ2) is 13.5. The number of halogens is 2. The van der Waals surface area contributed by atoms with Crippen molar-refractivity contribution >= 4 is 35.6 Å². The maximum Gasteiger partial charge on any atom is 0.271 e. The van der Waals surface area contributed by atoms with E-state index in [1.807, 2.05) is 36.1 Å². The van der Waals surface area contributed by atoms with Crippen LogP contribution in [0.3, 0.4) is 0 Å². The number of aromatic nitrogens is 4. The molecule has 0 unspecified atom stereocenters. The Morgan fingerprint density at radius 1 is 1.13 bits per heavy atom. The summed E-state index contributed by atoms with van der Waals surface area (Å²) < 4.78 is 21.4. The average molecular weight is 633 g/mol. The van der Waals surface area contributed by atoms with Gasteiger partial charge in [-0.25, -0.2) is 18.9 Å². The van der Waals surface area contributed by atoms with Gasteiger partial charge in [0.1, 0.15) is 23.1 Å². The van der Waals surface area contributed by atoms with Crippen LogP contribution < -0.4 is 15.0 Å². The SMILES string of the molecule is C=NCc1cnn2cc(OCCCN3CCCC3)cc(-c3ccc(N4CCC(C)(NC(=O)c5ncc(F)cc5Cl)CC4)nc3)c12. The normalized spacial score (nSPS) is 16.6. The Morgan fingerprint density at radius 2 is 1.93 bits per heavy atom. The van der Waals surface area contributed by atoms with Gasteiger partial charge in [0.15, 0.2) is 0 Å². The fourth-order valence-electron chi connectivity index (χ4n) is 6.18. The van der Waals surface area contributed by atoms with E-state index in [9.17, 15) is 9.18 Å². The van der Waals surface area contributed by atoms with E-state index in [1.165, 1.54) is 25.9 Å². The highest BCUT2D eigenvalue weighted by atomic mass is 35.5. The highest BCUT2D eigenvalue weighted by molar-refractivity contribution is 6.33. The van der Waals surface area contributed by atoms with Crippen molar-refractivity contribution in [2.45, 2.75) is 51.1 Å². The van der Waals surface area contributed by atoms with Crippen LogP contribution in [0.25, 0.3) is 16.6 Å². The number of carbonyl (C=O) groups excluding carboxylic acids is 1. The fraction of sp³-hybridized carbons (Fsp3) is 0.424. The van der Waals surface area contributed by atoms with Crippen molar-refractivity contribution in [3.8, 4) is 16.9 Å². The number of aliphatic imine (C=N–C) groups is 1. The van der Waals surface area contributed by atoms with Gasteiger partial charge in [0, 0.05) is 48.1 Å². The summed E-state index contributed by atoms with van der Waals surface area (Å²) in [6.45, 7) is 11.6. The van der Waals surface area contributed by atoms with E-state index in [0.29, 0.717) is 39.1 Å². The van der Waals surface area contributed by atoms with Crippen molar-refractivity contribution < 1.29 is 13.9 Å². The first kappa shape index (κ1) is 30.9. The fourth-order valence-corrected chi connectivity index (χ4v) is 6.42. The van der Waals surface area contributed by atoms with Crippen molar-refractivity contribution in [3.63, 3.8) is 0 Å². The predicted octanol–water partition coefficient (Wildman–Crippen LogP) is 5.44. The molecule has 12 heteroatoms. The zero-order chi connectivity index (χ0) is 31.4. The number of pyridine rings is 3. The van der Waals surface area contributed by atoms with Gasteiger partial charge in [-0.05, 0) is 83.1 Å². The lowest BCUT2D eigenvalue weighted by Crippen LogP contribution is -2.53. The van der Waals surface area contributed by atoms with Gasteiger partial charge in [-0.3, -0.25) is 9.79 Å². The average Bonchev–Trinajstić information content (AvgIpc) is 3.70. The lowest BCUT2D eigenvalue weighted by molar-refractivity contribution is 0.0886. The zero-order valence-corrected chi connectivity index (χ0v) is 26.3. The molecule has 10 nitrogen and oxygen atoms in total. The Labute approximate surface area is 267 Å². The number of carbonyl (C=O) groups is 1. The number of amides is 1. The van der Waals surface area contributed by atoms with Gasteiger partial charge < -0.3 is 19.9 Å². The number of ether oxygens (including phenoxy) is 1. The number of nitrogens with one attached hydrogen (secondary N) is 1. The number of anilines is 1. The smallest absolute Gasteiger partial charge is 0.271 e. The molecule has 0 saturated carbocycles. The van der Waals surface area contributed by atoms with Gasteiger partial charge in [-0.15, -0.1) is 0 Å². The van der Waals surface area contributed by atoms with E-state index >= 15 is 0 Å². The van der Waals surface area contributed by atoms with Crippen molar-refractivity contribution in [1.82, 2.24) is 29.8 Å². The summed E-state index contributed by atoms with van der Waals surface area (Å²) >= 11 is 6.06. The largest absolute Gasteiger partial charge is 0.492 e. The minimum atomic E-state index is -0.581. The predicted molar refractivity (Wildman–Crippen MR) is 174 cm³/mol. The molecule has 2 fully saturated rings. The molecule has 236 valence electrons. The highest BCUT2D eigenvalue weighted by Gasteiger charge is 2.33. The summed E-state index contributed by atoms with van der Waals surface area (Å²) in [5.74, 6) is 0.636. The van der Waals surface area contributed by atoms with Crippen molar-refractivity contribution in [2.24, 2.45) is 4.99 Å². The third-order valence-electron chi connectivity index (χ3n) is 8.72. The third kappa shape index (κ3) is 7.10. The van der Waals surface area contributed by atoms with Gasteiger partial charge in [0.2, 0.25) is 0 Å². The number of fused-ring (bicyclic) bond motifs is 1. The minimum Gasteiger partial charge on any atom is -0.492 e. The molecule has 2 aliphatic heterocycles. The molecule has 0 bridgehead atoms. The summed E-state index contributed by atoms with van der Waals surface area (Å²) in [6, 6.07) is 7.26. The van der Waals surface area contributed by atoms with Gasteiger partial charge in [0.05, 0.1) is 42.3 Å². The van der Waals surface area contributed by atoms with Crippen LogP contribution in [0.2, 0.25) is 5.02 Å². The van der Waals surface area contributed by atoms with Crippen LogP contribution in [0.5, 0.6) is 5.75 Å². The van der Waals surface area contributed by atoms with Gasteiger partial charge in [-0.2, -0.15) is 5.10 Å². The first-order valence-corrected chi connectivity index (χ1v) is 15.8.